The SMILES string of the molecule is CCCCC/C=C\C/C=C\CCCCCCCCCC(=O)OC[C@H](COP(=O)(O)OC[C@@H](O)CO)OC(=O)CCC/C=C\C/C=C\C/C=C\CC1OC1CCCCC. The van der Waals surface area contributed by atoms with Crippen LogP contribution in [0.3, 0.4) is 0 Å². The highest BCUT2D eigenvalue weighted by Crippen LogP contribution is 2.43. The first-order chi connectivity index (χ1) is 28.2. The van der Waals surface area contributed by atoms with Gasteiger partial charge in [0.2, 0.25) is 0 Å². The number of aliphatic hydroxyl groups excluding tert-OH is 2. The second-order valence-electron chi connectivity index (χ2n) is 15.1. The first-order valence-electron chi connectivity index (χ1n) is 22.4. The Labute approximate surface area is 351 Å². The molecule has 1 fully saturated rings. The van der Waals surface area contributed by atoms with Crippen LogP contribution in [0, 0.1) is 0 Å². The third kappa shape index (κ3) is 34.5. The Bertz CT molecular complexity index is 1210. The minimum absolute atomic E-state index is 0.100. The number of hydrogen-bond acceptors (Lipinski definition) is 10. The summed E-state index contributed by atoms with van der Waals surface area (Å²) in [6.45, 7) is 2.24. The van der Waals surface area contributed by atoms with Crippen molar-refractivity contribution in [2.45, 2.75) is 192 Å². The van der Waals surface area contributed by atoms with Gasteiger partial charge in [-0.05, 0) is 77.0 Å². The van der Waals surface area contributed by atoms with Gasteiger partial charge in [-0.25, -0.2) is 4.57 Å². The molecular weight excluding hydrogens is 759 g/mol. The Hall–Kier alpha value is -2.37. The average molecular weight is 839 g/mol. The van der Waals surface area contributed by atoms with E-state index >= 15 is 0 Å². The first kappa shape index (κ1) is 53.6. The van der Waals surface area contributed by atoms with Crippen LogP contribution < -0.4 is 0 Å². The number of rotatable bonds is 40. The summed E-state index contributed by atoms with van der Waals surface area (Å²) in [5.74, 6) is -1.01. The number of esters is 2. The van der Waals surface area contributed by atoms with Crippen molar-refractivity contribution in [1.29, 1.82) is 0 Å². The number of phosphoric ester groups is 1. The van der Waals surface area contributed by atoms with Crippen LogP contribution in [0.2, 0.25) is 0 Å². The highest BCUT2D eigenvalue weighted by Gasteiger charge is 2.36. The lowest BCUT2D eigenvalue weighted by atomic mass is 10.1. The summed E-state index contributed by atoms with van der Waals surface area (Å²) in [5, 5.41) is 18.3. The van der Waals surface area contributed by atoms with Gasteiger partial charge >= 0.3 is 19.8 Å². The smallest absolute Gasteiger partial charge is 0.462 e. The third-order valence-corrected chi connectivity index (χ3v) is 10.5. The lowest BCUT2D eigenvalue weighted by Gasteiger charge is -2.20. The molecule has 0 amide bonds. The largest absolute Gasteiger partial charge is 0.472 e. The molecular formula is C46H79O11P. The van der Waals surface area contributed by atoms with E-state index in [9.17, 15) is 24.2 Å². The van der Waals surface area contributed by atoms with Crippen LogP contribution in [0.4, 0.5) is 0 Å². The second kappa shape index (κ2) is 37.6. The molecule has 0 aromatic heterocycles. The van der Waals surface area contributed by atoms with Crippen molar-refractivity contribution < 1.29 is 52.5 Å². The summed E-state index contributed by atoms with van der Waals surface area (Å²) in [7, 11) is -4.64. The van der Waals surface area contributed by atoms with Gasteiger partial charge in [0.1, 0.15) is 12.7 Å². The van der Waals surface area contributed by atoms with Gasteiger partial charge in [0.25, 0.3) is 0 Å². The second-order valence-corrected chi connectivity index (χ2v) is 16.6. The molecule has 1 heterocycles. The van der Waals surface area contributed by atoms with E-state index in [-0.39, 0.29) is 19.4 Å². The summed E-state index contributed by atoms with van der Waals surface area (Å²) >= 11 is 0. The molecule has 1 aliphatic rings. The van der Waals surface area contributed by atoms with Crippen molar-refractivity contribution in [1.82, 2.24) is 0 Å². The van der Waals surface area contributed by atoms with Gasteiger partial charge in [-0.2, -0.15) is 0 Å². The molecule has 3 N–H and O–H groups in total. The topological polar surface area (TPSA) is 161 Å². The molecule has 5 atom stereocenters. The van der Waals surface area contributed by atoms with Gasteiger partial charge in [-0.15, -0.1) is 0 Å². The van der Waals surface area contributed by atoms with Crippen LogP contribution in [0.5, 0.6) is 0 Å². The number of carbonyl (C=O) groups excluding carboxylic acids is 2. The van der Waals surface area contributed by atoms with E-state index in [1.807, 2.05) is 12.2 Å². The van der Waals surface area contributed by atoms with Gasteiger partial charge in [-0.3, -0.25) is 18.6 Å². The molecule has 0 saturated carbocycles. The molecule has 12 heteroatoms. The predicted molar refractivity (Wildman–Crippen MR) is 232 cm³/mol. The van der Waals surface area contributed by atoms with E-state index in [1.165, 1.54) is 70.6 Å². The van der Waals surface area contributed by atoms with E-state index < -0.39 is 51.8 Å². The minimum Gasteiger partial charge on any atom is -0.462 e. The number of epoxide rings is 1. The van der Waals surface area contributed by atoms with Crippen LogP contribution in [0.25, 0.3) is 0 Å². The van der Waals surface area contributed by atoms with Crippen LogP contribution in [0.15, 0.2) is 60.8 Å². The molecule has 0 bridgehead atoms. The van der Waals surface area contributed by atoms with Crippen LogP contribution >= 0.6 is 7.82 Å². The molecule has 334 valence electrons. The average Bonchev–Trinajstić information content (AvgIpc) is 3.97. The standard InChI is InChI=1S/C46H79O11P/c1-3-5-7-8-9-10-11-12-13-14-15-16-17-21-24-27-31-35-45(49)53-39-42(40-55-58(51,52)54-38-41(48)37-47)56-46(50)36-32-28-25-22-19-18-20-23-26-30-34-44-43(57-44)33-29-6-4-2/h9-10,12-13,18,20,22,25-26,30,41-44,47-48H,3-8,11,14-17,19,21,23-24,27-29,31-40H2,1-2H3,(H,51,52)/b10-9-,13-12-,20-18-,25-22-,30-26-/t41-,42+,43?,44?/m0/s1. The van der Waals surface area contributed by atoms with Crippen LogP contribution in [0.1, 0.15) is 168 Å². The van der Waals surface area contributed by atoms with Gasteiger partial charge in [0.15, 0.2) is 6.10 Å². The van der Waals surface area contributed by atoms with Crippen LogP contribution in [-0.2, 0) is 37.4 Å². The van der Waals surface area contributed by atoms with Crippen molar-refractivity contribution in [3.63, 3.8) is 0 Å². The molecule has 58 heavy (non-hydrogen) atoms. The van der Waals surface area contributed by atoms with Crippen molar-refractivity contribution in [2.24, 2.45) is 0 Å². The van der Waals surface area contributed by atoms with E-state index in [4.69, 9.17) is 23.8 Å². The maximum Gasteiger partial charge on any atom is 0.472 e. The van der Waals surface area contributed by atoms with Gasteiger partial charge in [-0.1, -0.05) is 139 Å². The highest BCUT2D eigenvalue weighted by molar-refractivity contribution is 7.47. The number of ether oxygens (including phenoxy) is 3. The van der Waals surface area contributed by atoms with Gasteiger partial charge < -0.3 is 29.3 Å². The first-order valence-corrected chi connectivity index (χ1v) is 23.9. The molecule has 1 aliphatic heterocycles. The van der Waals surface area contributed by atoms with Crippen molar-refractivity contribution >= 4 is 19.8 Å². The minimum atomic E-state index is -4.64. The van der Waals surface area contributed by atoms with Gasteiger partial charge in [0.05, 0.1) is 32.0 Å². The molecule has 0 aromatic rings. The summed E-state index contributed by atoms with van der Waals surface area (Å²) in [5.41, 5.74) is 0. The maximum atomic E-state index is 12.6. The lowest BCUT2D eigenvalue weighted by molar-refractivity contribution is -0.161. The fourth-order valence-electron chi connectivity index (χ4n) is 5.99. The van der Waals surface area contributed by atoms with Crippen molar-refractivity contribution in [3.8, 4) is 0 Å². The van der Waals surface area contributed by atoms with E-state index in [1.54, 1.807) is 0 Å². The molecule has 3 unspecified atom stereocenters. The van der Waals surface area contributed by atoms with Crippen LogP contribution in [-0.4, -0.2) is 77.9 Å². The number of allylic oxidation sites excluding steroid dienone is 9. The summed E-state index contributed by atoms with van der Waals surface area (Å²) in [6.07, 6.45) is 43.6. The summed E-state index contributed by atoms with van der Waals surface area (Å²) in [4.78, 5) is 35.0. The number of carbonyl (C=O) groups is 2. The van der Waals surface area contributed by atoms with E-state index in [0.29, 0.717) is 31.5 Å². The zero-order chi connectivity index (χ0) is 42.4. The fraction of sp³-hybridized carbons (Fsp3) is 0.739. The highest BCUT2D eigenvalue weighted by atomic mass is 31.2. The zero-order valence-corrected chi connectivity index (χ0v) is 36.8. The number of phosphoric acid groups is 1. The number of aliphatic hydroxyl groups is 2. The molecule has 0 radical (unpaired) electrons. The molecule has 0 spiro atoms. The Morgan fingerprint density at radius 2 is 1.14 bits per heavy atom. The molecule has 1 rings (SSSR count). The maximum absolute atomic E-state index is 12.6. The molecule has 0 aliphatic carbocycles. The van der Waals surface area contributed by atoms with E-state index in [2.05, 4.69) is 67.0 Å². The third-order valence-electron chi connectivity index (χ3n) is 9.57. The summed E-state index contributed by atoms with van der Waals surface area (Å²) in [6, 6.07) is 0. The number of hydrogen-bond donors (Lipinski definition) is 3. The lowest BCUT2D eigenvalue weighted by Crippen LogP contribution is -2.29. The van der Waals surface area contributed by atoms with E-state index in [0.717, 1.165) is 51.4 Å². The Morgan fingerprint density at radius 3 is 1.78 bits per heavy atom. The monoisotopic (exact) mass is 839 g/mol. The molecule has 1 saturated heterocycles. The number of unbranched alkanes of at least 4 members (excludes halogenated alkanes) is 13. The Morgan fingerprint density at radius 1 is 0.621 bits per heavy atom. The van der Waals surface area contributed by atoms with Crippen molar-refractivity contribution in [2.75, 3.05) is 26.4 Å². The zero-order valence-electron chi connectivity index (χ0n) is 35.9. The fourth-order valence-corrected chi connectivity index (χ4v) is 6.78. The Balaban J connectivity index is 2.28. The molecule has 11 nitrogen and oxygen atoms in total. The Kier molecular flexibility index (Phi) is 34.8. The predicted octanol–water partition coefficient (Wildman–Crippen LogP) is 10.9. The van der Waals surface area contributed by atoms with Crippen molar-refractivity contribution in [3.05, 3.63) is 60.8 Å². The quantitative estimate of drug-likeness (QED) is 0.0177. The molecule has 0 aromatic carbocycles. The summed E-state index contributed by atoms with van der Waals surface area (Å²) < 4.78 is 38.4. The van der Waals surface area contributed by atoms with Gasteiger partial charge in [0, 0.05) is 12.8 Å². The normalized spacial score (nSPS) is 17.9.